The van der Waals surface area contributed by atoms with E-state index in [9.17, 15) is 14.4 Å². The van der Waals surface area contributed by atoms with E-state index in [1.54, 1.807) is 0 Å². The number of thioether (sulfide) groups is 1. The predicted molar refractivity (Wildman–Crippen MR) is 175 cm³/mol. The zero-order valence-electron chi connectivity index (χ0n) is 23.8. The number of nitrogens with one attached hydrogen (secondary N) is 2. The molecule has 3 heterocycles. The van der Waals surface area contributed by atoms with Crippen LogP contribution in [0.25, 0.3) is 0 Å². The molecule has 1 fully saturated rings. The molecule has 6 rings (SSSR count). The average Bonchev–Trinajstić information content (AvgIpc) is 3.56. The maximum atomic E-state index is 13.5. The molecule has 10 nitrogen and oxygen atoms in total. The number of hydrogen-bond acceptors (Lipinski definition) is 10. The third kappa shape index (κ3) is 5.60. The number of fused-ring (bicyclic) bond motifs is 1. The van der Waals surface area contributed by atoms with Crippen molar-refractivity contribution < 1.29 is 19.2 Å². The van der Waals surface area contributed by atoms with E-state index in [-0.39, 0.29) is 23.1 Å². The van der Waals surface area contributed by atoms with Crippen LogP contribution in [-0.4, -0.2) is 68.2 Å². The molecule has 2 aliphatic rings. The Labute approximate surface area is 272 Å². The summed E-state index contributed by atoms with van der Waals surface area (Å²) in [6, 6.07) is 29.1. The van der Waals surface area contributed by atoms with Crippen LogP contribution in [0, 0.1) is 0 Å². The van der Waals surface area contributed by atoms with Crippen LogP contribution in [0.4, 0.5) is 5.13 Å². The first-order valence-corrected chi connectivity index (χ1v) is 16.2. The number of carbonyl (C=O) groups excluding carboxylic acids is 3. The number of aromatic nitrogens is 2. The van der Waals surface area contributed by atoms with Crippen molar-refractivity contribution >= 4 is 63.8 Å². The highest BCUT2D eigenvalue weighted by atomic mass is 35.5. The van der Waals surface area contributed by atoms with Crippen LogP contribution in [0.15, 0.2) is 107 Å². The van der Waals surface area contributed by atoms with Gasteiger partial charge in [0, 0.05) is 23.2 Å². The van der Waals surface area contributed by atoms with E-state index in [0.717, 1.165) is 28.2 Å². The highest BCUT2D eigenvalue weighted by molar-refractivity contribution is 8.00. The number of rotatable bonds is 11. The lowest BCUT2D eigenvalue weighted by Gasteiger charge is -2.49. The van der Waals surface area contributed by atoms with Gasteiger partial charge in [-0.05, 0) is 22.3 Å². The van der Waals surface area contributed by atoms with Gasteiger partial charge in [-0.2, -0.15) is 9.36 Å². The minimum absolute atomic E-state index is 0.0242. The van der Waals surface area contributed by atoms with E-state index < -0.39 is 28.8 Å². The summed E-state index contributed by atoms with van der Waals surface area (Å²) in [6.45, 7) is 0. The van der Waals surface area contributed by atoms with E-state index in [1.807, 2.05) is 97.3 Å². The molecule has 0 spiro atoms. The number of hydrogen-bond donors (Lipinski definition) is 2. The third-order valence-electron chi connectivity index (χ3n) is 7.54. The van der Waals surface area contributed by atoms with Crippen molar-refractivity contribution in [1.82, 2.24) is 19.6 Å². The average molecular weight is 658 g/mol. The lowest BCUT2D eigenvalue weighted by atomic mass is 9.77. The van der Waals surface area contributed by atoms with Gasteiger partial charge >= 0.3 is 0 Å². The maximum absolute atomic E-state index is 13.5. The molecule has 0 aliphatic carbocycles. The van der Waals surface area contributed by atoms with Crippen LogP contribution < -0.4 is 10.6 Å². The molecule has 0 bridgehead atoms. The summed E-state index contributed by atoms with van der Waals surface area (Å²) in [6.07, 6.45) is 1.82. The van der Waals surface area contributed by atoms with Crippen LogP contribution in [0.1, 0.15) is 22.5 Å². The molecule has 2 amide bonds. The molecule has 13 heteroatoms. The van der Waals surface area contributed by atoms with Crippen LogP contribution in [0.2, 0.25) is 0 Å². The number of β-lactam (4-membered cyclic amide) rings is 1. The largest absolute Gasteiger partial charge is 0.398 e. The number of allylic oxidation sites excluding steroid dienone is 1. The van der Waals surface area contributed by atoms with Gasteiger partial charge in [-0.1, -0.05) is 96.2 Å². The molecule has 2 aliphatic heterocycles. The van der Waals surface area contributed by atoms with Crippen molar-refractivity contribution in [2.24, 2.45) is 5.16 Å². The standard InChI is InChI=1S/C32H26ClN6O4S2/c1-43-37-25(28(41)34-26-29(42)39-24(18-40)20(17-33)19-44-30(26)39)27-35-31(45-38-27)36-32(21-11-5-2-6-12-21,22-13-7-3-8-14-22)23-15-9-4-10-16-23/h2-16,26,30H,17,19H2,1H3,(H,34,41)(H,35,36,38)/b37-25-/t26-,30-/m1/s1. The van der Waals surface area contributed by atoms with Crippen molar-refractivity contribution in [2.75, 3.05) is 24.1 Å². The summed E-state index contributed by atoms with van der Waals surface area (Å²) in [4.78, 5) is 49.0. The van der Waals surface area contributed by atoms with Gasteiger partial charge in [0.2, 0.25) is 16.7 Å². The van der Waals surface area contributed by atoms with Crippen molar-refractivity contribution in [1.29, 1.82) is 0 Å². The molecule has 0 unspecified atom stereocenters. The maximum Gasteiger partial charge on any atom is 0.278 e. The Hall–Kier alpha value is -4.52. The minimum atomic E-state index is -0.886. The molecular weight excluding hydrogens is 632 g/mol. The molecule has 2 N–H and O–H groups in total. The van der Waals surface area contributed by atoms with Gasteiger partial charge in [-0.15, -0.1) is 23.4 Å². The van der Waals surface area contributed by atoms with Crippen LogP contribution in [-0.2, 0) is 24.8 Å². The fourth-order valence-corrected chi connectivity index (χ4v) is 7.76. The van der Waals surface area contributed by atoms with Gasteiger partial charge in [0.05, 0.1) is 5.70 Å². The second kappa shape index (κ2) is 13.2. The highest BCUT2D eigenvalue weighted by Gasteiger charge is 2.53. The van der Waals surface area contributed by atoms with E-state index >= 15 is 0 Å². The number of anilines is 1. The minimum Gasteiger partial charge on any atom is -0.398 e. The normalized spacial score (nSPS) is 18.1. The van der Waals surface area contributed by atoms with E-state index in [2.05, 4.69) is 25.1 Å². The number of amides is 2. The number of benzene rings is 3. The molecule has 3 aromatic carbocycles. The molecule has 1 aromatic heterocycles. The summed E-state index contributed by atoms with van der Waals surface area (Å²) >= 11 is 8.41. The van der Waals surface area contributed by atoms with Crippen molar-refractivity contribution in [3.63, 3.8) is 0 Å². The van der Waals surface area contributed by atoms with Crippen LogP contribution in [0.5, 0.6) is 0 Å². The number of nitrogens with zero attached hydrogens (tertiary/aromatic N) is 4. The van der Waals surface area contributed by atoms with Crippen LogP contribution in [0.3, 0.4) is 0 Å². The van der Waals surface area contributed by atoms with Gasteiger partial charge in [0.15, 0.2) is 0 Å². The number of oxime groups is 1. The van der Waals surface area contributed by atoms with Gasteiger partial charge in [-0.3, -0.25) is 19.3 Å². The Morgan fingerprint density at radius 1 is 1.04 bits per heavy atom. The number of alkyl halides is 1. The van der Waals surface area contributed by atoms with E-state index in [1.165, 1.54) is 23.8 Å². The predicted octanol–water partition coefficient (Wildman–Crippen LogP) is 4.30. The molecule has 4 aromatic rings. The first-order valence-electron chi connectivity index (χ1n) is 13.8. The Morgan fingerprint density at radius 3 is 2.13 bits per heavy atom. The lowest BCUT2D eigenvalue weighted by Crippen LogP contribution is -2.70. The smallest absolute Gasteiger partial charge is 0.278 e. The van der Waals surface area contributed by atoms with Gasteiger partial charge in [0.25, 0.3) is 18.1 Å². The topological polar surface area (TPSA) is 126 Å². The van der Waals surface area contributed by atoms with E-state index in [0.29, 0.717) is 16.5 Å². The summed E-state index contributed by atoms with van der Waals surface area (Å²) < 4.78 is 4.44. The van der Waals surface area contributed by atoms with Gasteiger partial charge in [-0.25, -0.2) is 0 Å². The molecule has 2 atom stereocenters. The molecular formula is C32H26ClN6O4S2. The summed E-state index contributed by atoms with van der Waals surface area (Å²) in [5.41, 5.74) is 2.61. The van der Waals surface area contributed by atoms with Gasteiger partial charge < -0.3 is 15.5 Å². The Morgan fingerprint density at radius 2 is 1.62 bits per heavy atom. The monoisotopic (exact) mass is 657 g/mol. The fourth-order valence-electron chi connectivity index (χ4n) is 5.45. The van der Waals surface area contributed by atoms with E-state index in [4.69, 9.17) is 16.4 Å². The highest BCUT2D eigenvalue weighted by Crippen LogP contribution is 2.41. The first kappa shape index (κ1) is 30.5. The second-order valence-corrected chi connectivity index (χ2v) is 12.2. The summed E-state index contributed by atoms with van der Waals surface area (Å²) in [7, 11) is 1.31. The van der Waals surface area contributed by atoms with Crippen LogP contribution >= 0.6 is 34.9 Å². The van der Waals surface area contributed by atoms with Gasteiger partial charge in [0.1, 0.15) is 24.1 Å². The number of halogens is 1. The molecule has 45 heavy (non-hydrogen) atoms. The zero-order chi connectivity index (χ0) is 31.4. The summed E-state index contributed by atoms with van der Waals surface area (Å²) in [5.74, 6) is -0.546. The number of carbonyl (C=O) groups is 2. The second-order valence-electron chi connectivity index (χ2n) is 10.1. The molecule has 0 saturated carbocycles. The Bertz CT molecular complexity index is 1670. The zero-order valence-corrected chi connectivity index (χ0v) is 26.2. The summed E-state index contributed by atoms with van der Waals surface area (Å²) in [5, 5.41) is 10.2. The van der Waals surface area contributed by atoms with Crippen molar-refractivity contribution in [3.05, 3.63) is 125 Å². The lowest BCUT2D eigenvalue weighted by molar-refractivity contribution is -0.144. The fraction of sp³-hybridized carbons (Fsp3) is 0.188. The van der Waals surface area contributed by atoms with Crippen molar-refractivity contribution in [2.45, 2.75) is 17.0 Å². The Balaban J connectivity index is 1.31. The van der Waals surface area contributed by atoms with Crippen molar-refractivity contribution in [3.8, 4) is 0 Å². The first-order chi connectivity index (χ1) is 22.0. The quantitative estimate of drug-likeness (QED) is 0.0805. The Kier molecular flexibility index (Phi) is 8.97. The molecule has 227 valence electrons. The molecule has 1 radical (unpaired) electrons. The SMILES string of the molecule is CO/N=C(\C(=O)N[C@@H]1C(=O)N2C([C]=O)=C(CCl)CS[C@H]12)c1nsc(NC(c2ccccc2)(c2ccccc2)c2ccccc2)n1. The third-order valence-corrected chi connectivity index (χ3v) is 9.83. The molecule has 1 saturated heterocycles.